The number of anilines is 1. The van der Waals surface area contributed by atoms with Crippen molar-refractivity contribution in [3.63, 3.8) is 0 Å². The van der Waals surface area contributed by atoms with E-state index in [4.69, 9.17) is 4.74 Å². The van der Waals surface area contributed by atoms with Gasteiger partial charge in [-0.15, -0.1) is 0 Å². The third-order valence-electron chi connectivity index (χ3n) is 4.37. The first kappa shape index (κ1) is 15.6. The number of rotatable bonds is 3. The second-order valence-electron chi connectivity index (χ2n) is 6.05. The first-order valence-corrected chi connectivity index (χ1v) is 8.07. The summed E-state index contributed by atoms with van der Waals surface area (Å²) in [6, 6.07) is 7.93. The summed E-state index contributed by atoms with van der Waals surface area (Å²) in [7, 11) is 1.68. The average molecular weight is 313 g/mol. The Morgan fingerprint density at radius 1 is 1.30 bits per heavy atom. The zero-order valence-corrected chi connectivity index (χ0v) is 14.0. The van der Waals surface area contributed by atoms with Crippen LogP contribution in [0.3, 0.4) is 0 Å². The molecule has 23 heavy (non-hydrogen) atoms. The van der Waals surface area contributed by atoms with E-state index in [-0.39, 0.29) is 12.5 Å². The van der Waals surface area contributed by atoms with Crippen LogP contribution in [0.5, 0.6) is 5.75 Å². The van der Waals surface area contributed by atoms with Crippen molar-refractivity contribution in [1.82, 2.24) is 9.78 Å². The summed E-state index contributed by atoms with van der Waals surface area (Å²) >= 11 is 0. The predicted molar refractivity (Wildman–Crippen MR) is 90.0 cm³/mol. The molecule has 0 spiro atoms. The Balaban J connectivity index is 1.91. The van der Waals surface area contributed by atoms with Gasteiger partial charge in [-0.25, -0.2) is 0 Å². The molecule has 3 rings (SSSR count). The maximum atomic E-state index is 12.9. The topological polar surface area (TPSA) is 47.4 Å². The van der Waals surface area contributed by atoms with Crippen LogP contribution in [0.1, 0.15) is 29.8 Å². The number of fused-ring (bicyclic) bond motifs is 1. The lowest BCUT2D eigenvalue weighted by Gasteiger charge is -2.24. The van der Waals surface area contributed by atoms with Gasteiger partial charge in [0.2, 0.25) is 5.91 Å². The van der Waals surface area contributed by atoms with E-state index in [9.17, 15) is 4.79 Å². The van der Waals surface area contributed by atoms with E-state index < -0.39 is 0 Å². The predicted octanol–water partition coefficient (Wildman–Crippen LogP) is 2.88. The molecule has 0 radical (unpaired) electrons. The van der Waals surface area contributed by atoms with Gasteiger partial charge in [0.25, 0.3) is 0 Å². The number of ether oxygens (including phenoxy) is 1. The van der Waals surface area contributed by atoms with E-state index in [2.05, 4.69) is 5.10 Å². The normalized spacial score (nSPS) is 14.3. The number of aryl methyl sites for hydroxylation is 2. The number of nitrogens with zero attached hydrogens (tertiary/aromatic N) is 3. The van der Waals surface area contributed by atoms with Gasteiger partial charge in [0.05, 0.1) is 18.5 Å². The van der Waals surface area contributed by atoms with E-state index in [1.54, 1.807) is 11.8 Å². The molecule has 0 aliphatic carbocycles. The van der Waals surface area contributed by atoms with Crippen molar-refractivity contribution in [2.45, 2.75) is 39.7 Å². The first-order chi connectivity index (χ1) is 11.1. The van der Waals surface area contributed by atoms with Crippen LogP contribution >= 0.6 is 0 Å². The number of carbonyl (C=O) groups excluding carboxylic acids is 1. The summed E-state index contributed by atoms with van der Waals surface area (Å²) in [5, 5.41) is 4.40. The minimum atomic E-state index is 0.0765. The highest BCUT2D eigenvalue weighted by molar-refractivity contribution is 5.94. The van der Waals surface area contributed by atoms with Crippen molar-refractivity contribution < 1.29 is 9.53 Å². The molecule has 1 aliphatic heterocycles. The third-order valence-corrected chi connectivity index (χ3v) is 4.37. The molecule has 122 valence electrons. The SMILES string of the molecule is COc1cccc2c1CCCCN2C(=O)Cn1nc(C)cc1C. The Morgan fingerprint density at radius 3 is 2.83 bits per heavy atom. The smallest absolute Gasteiger partial charge is 0.248 e. The standard InChI is InChI=1S/C18H23N3O2/c1-13-11-14(2)21(19-13)12-18(22)20-10-5-4-7-15-16(20)8-6-9-17(15)23-3/h6,8-9,11H,4-5,7,10,12H2,1-3H3. The minimum absolute atomic E-state index is 0.0765. The van der Waals surface area contributed by atoms with Crippen LogP contribution in [0, 0.1) is 13.8 Å². The molecule has 0 saturated carbocycles. The van der Waals surface area contributed by atoms with Crippen LogP contribution in [-0.2, 0) is 17.8 Å². The first-order valence-electron chi connectivity index (χ1n) is 8.07. The number of hydrogen-bond donors (Lipinski definition) is 0. The van der Waals surface area contributed by atoms with Gasteiger partial charge in [-0.2, -0.15) is 5.10 Å². The van der Waals surface area contributed by atoms with Gasteiger partial charge in [0.1, 0.15) is 12.3 Å². The molecular formula is C18H23N3O2. The Labute approximate surface area is 136 Å². The van der Waals surface area contributed by atoms with Gasteiger partial charge in [-0.3, -0.25) is 9.48 Å². The summed E-state index contributed by atoms with van der Waals surface area (Å²) in [6.07, 6.45) is 3.01. The molecule has 2 aromatic rings. The fourth-order valence-electron chi connectivity index (χ4n) is 3.25. The van der Waals surface area contributed by atoms with Crippen LogP contribution in [0.25, 0.3) is 0 Å². The summed E-state index contributed by atoms with van der Waals surface area (Å²) in [4.78, 5) is 14.8. The number of carbonyl (C=O) groups is 1. The van der Waals surface area contributed by atoms with Crippen LogP contribution in [-0.4, -0.2) is 29.3 Å². The monoisotopic (exact) mass is 313 g/mol. The van der Waals surface area contributed by atoms with Crippen molar-refractivity contribution >= 4 is 11.6 Å². The molecule has 0 bridgehead atoms. The van der Waals surface area contributed by atoms with E-state index in [0.29, 0.717) is 0 Å². The Bertz CT molecular complexity index is 721. The molecule has 1 aromatic heterocycles. The number of aromatic nitrogens is 2. The molecule has 0 fully saturated rings. The fourth-order valence-corrected chi connectivity index (χ4v) is 3.25. The van der Waals surface area contributed by atoms with E-state index in [0.717, 1.165) is 54.2 Å². The molecule has 0 N–H and O–H groups in total. The van der Waals surface area contributed by atoms with Crippen molar-refractivity contribution in [3.8, 4) is 5.75 Å². The number of methoxy groups -OCH3 is 1. The van der Waals surface area contributed by atoms with E-state index >= 15 is 0 Å². The quantitative estimate of drug-likeness (QED) is 0.875. The number of benzene rings is 1. The molecule has 5 nitrogen and oxygen atoms in total. The zero-order chi connectivity index (χ0) is 16.4. The molecule has 2 heterocycles. The third kappa shape index (κ3) is 3.09. The molecule has 0 unspecified atom stereocenters. The van der Waals surface area contributed by atoms with Crippen molar-refractivity contribution in [2.24, 2.45) is 0 Å². The maximum absolute atomic E-state index is 12.9. The van der Waals surface area contributed by atoms with Gasteiger partial charge in [0, 0.05) is 17.8 Å². The number of amides is 1. The molecule has 1 aliphatic rings. The minimum Gasteiger partial charge on any atom is -0.496 e. The summed E-state index contributed by atoms with van der Waals surface area (Å²) in [5.74, 6) is 0.945. The lowest BCUT2D eigenvalue weighted by molar-refractivity contribution is -0.119. The summed E-state index contributed by atoms with van der Waals surface area (Å²) in [6.45, 7) is 4.95. The lowest BCUT2D eigenvalue weighted by atomic mass is 10.1. The average Bonchev–Trinajstić information content (AvgIpc) is 2.74. The van der Waals surface area contributed by atoms with E-state index in [1.807, 2.05) is 43.0 Å². The summed E-state index contributed by atoms with van der Waals surface area (Å²) < 4.78 is 7.26. The highest BCUT2D eigenvalue weighted by Gasteiger charge is 2.23. The molecular weight excluding hydrogens is 290 g/mol. The van der Waals surface area contributed by atoms with Crippen LogP contribution in [0.2, 0.25) is 0 Å². The van der Waals surface area contributed by atoms with Crippen molar-refractivity contribution in [2.75, 3.05) is 18.6 Å². The highest BCUT2D eigenvalue weighted by Crippen LogP contribution is 2.33. The molecule has 0 saturated heterocycles. The van der Waals surface area contributed by atoms with E-state index in [1.165, 1.54) is 0 Å². The highest BCUT2D eigenvalue weighted by atomic mass is 16.5. The van der Waals surface area contributed by atoms with Gasteiger partial charge in [-0.1, -0.05) is 6.07 Å². The van der Waals surface area contributed by atoms with Gasteiger partial charge in [0.15, 0.2) is 0 Å². The molecule has 1 aromatic carbocycles. The van der Waals surface area contributed by atoms with Gasteiger partial charge >= 0.3 is 0 Å². The van der Waals surface area contributed by atoms with Crippen LogP contribution < -0.4 is 9.64 Å². The Hall–Kier alpha value is -2.30. The largest absolute Gasteiger partial charge is 0.496 e. The maximum Gasteiger partial charge on any atom is 0.248 e. The fraction of sp³-hybridized carbons (Fsp3) is 0.444. The molecule has 1 amide bonds. The van der Waals surface area contributed by atoms with Gasteiger partial charge in [-0.05, 0) is 51.3 Å². The Morgan fingerprint density at radius 2 is 2.13 bits per heavy atom. The molecule has 5 heteroatoms. The summed E-state index contributed by atoms with van der Waals surface area (Å²) in [5.41, 5.74) is 4.06. The van der Waals surface area contributed by atoms with Crippen molar-refractivity contribution in [3.05, 3.63) is 41.2 Å². The van der Waals surface area contributed by atoms with Crippen LogP contribution in [0.4, 0.5) is 5.69 Å². The zero-order valence-electron chi connectivity index (χ0n) is 14.0. The van der Waals surface area contributed by atoms with Crippen molar-refractivity contribution in [1.29, 1.82) is 0 Å². The Kier molecular flexibility index (Phi) is 4.37. The number of hydrogen-bond acceptors (Lipinski definition) is 3. The second-order valence-corrected chi connectivity index (χ2v) is 6.05. The van der Waals surface area contributed by atoms with Gasteiger partial charge < -0.3 is 9.64 Å². The molecule has 0 atom stereocenters. The van der Waals surface area contributed by atoms with Crippen LogP contribution in [0.15, 0.2) is 24.3 Å². The lowest BCUT2D eigenvalue weighted by Crippen LogP contribution is -2.35. The second kappa shape index (κ2) is 6.44.